The Bertz CT molecular complexity index is 472. The average Bonchev–Trinajstić information content (AvgIpc) is 2.85. The second-order valence-corrected chi connectivity index (χ2v) is 10.6. The molecule has 0 saturated heterocycles. The van der Waals surface area contributed by atoms with Crippen molar-refractivity contribution in [2.45, 2.75) is 135 Å². The molecule has 1 N–H and O–H groups in total. The molecule has 8 heteroatoms. The Labute approximate surface area is 214 Å². The number of hydrogen-bond acceptors (Lipinski definition) is 6. The summed E-state index contributed by atoms with van der Waals surface area (Å²) in [5.74, 6) is -0.102. The third-order valence-electron chi connectivity index (χ3n) is 5.66. The fourth-order valence-corrected chi connectivity index (χ4v) is 4.33. The summed E-state index contributed by atoms with van der Waals surface area (Å²) in [4.78, 5) is 12.4. The van der Waals surface area contributed by atoms with Gasteiger partial charge in [-0.05, 0) is 20.6 Å². The molecule has 0 bridgehead atoms. The van der Waals surface area contributed by atoms with Gasteiger partial charge in [-0.1, -0.05) is 98.5 Å². The van der Waals surface area contributed by atoms with Gasteiger partial charge in [0.2, 0.25) is 0 Å². The first kappa shape index (κ1) is 29.4. The van der Waals surface area contributed by atoms with Crippen LogP contribution in [-0.4, -0.2) is 53.2 Å². The molecule has 0 amide bonds. The number of rotatable bonds is 27. The summed E-state index contributed by atoms with van der Waals surface area (Å²) in [5.41, 5.74) is 0. The van der Waals surface area contributed by atoms with Crippen molar-refractivity contribution in [2.75, 3.05) is 19.8 Å². The lowest BCUT2D eigenvalue weighted by molar-refractivity contribution is -0.150. The molecule has 0 aliphatic rings. The molecular formula is C25H51BO5PS. The lowest BCUT2D eigenvalue weighted by atomic mass is 10.1. The fourth-order valence-electron chi connectivity index (χ4n) is 3.68. The van der Waals surface area contributed by atoms with E-state index in [1.807, 2.05) is 0 Å². The van der Waals surface area contributed by atoms with Crippen LogP contribution in [0, 0.1) is 0 Å². The maximum absolute atomic E-state index is 12.4. The van der Waals surface area contributed by atoms with Crippen molar-refractivity contribution in [1.29, 1.82) is 2.61 Å². The van der Waals surface area contributed by atoms with Crippen molar-refractivity contribution in [1.82, 2.24) is 0 Å². The lowest BCUT2D eigenvalue weighted by Gasteiger charge is -2.19. The standard InChI is InChI=1S/C25H51BO5PS/c1-3-5-7-9-10-11-12-14-16-18-25(28)31-24(17-15-13-8-6-4-2)19-20-29-21-23(27)22-30-33-32-26/h23-24,26-27,32H,3-22H2,1-2H3/t23-,24+,32?/m0/s1/i26T,32D. The van der Waals surface area contributed by atoms with E-state index < -0.39 is 13.7 Å². The highest BCUT2D eigenvalue weighted by Gasteiger charge is 2.15. The van der Waals surface area contributed by atoms with Crippen molar-refractivity contribution in [2.24, 2.45) is 0 Å². The Balaban J connectivity index is 4.09. The van der Waals surface area contributed by atoms with Crippen molar-refractivity contribution < 1.29 is 23.6 Å². The van der Waals surface area contributed by atoms with Crippen molar-refractivity contribution in [3.8, 4) is 0 Å². The molecule has 0 fully saturated rings. The predicted molar refractivity (Wildman–Crippen MR) is 146 cm³/mol. The van der Waals surface area contributed by atoms with E-state index in [0.717, 1.165) is 51.3 Å². The van der Waals surface area contributed by atoms with E-state index in [1.165, 1.54) is 64.2 Å². The minimum atomic E-state index is -1.38. The van der Waals surface area contributed by atoms with E-state index in [0.29, 0.717) is 19.4 Å². The van der Waals surface area contributed by atoms with Crippen LogP contribution < -0.4 is 0 Å². The quantitative estimate of drug-likeness (QED) is 0.0423. The van der Waals surface area contributed by atoms with Crippen LogP contribution in [0.5, 0.6) is 0 Å². The van der Waals surface area contributed by atoms with Gasteiger partial charge in [-0.2, -0.15) is 0 Å². The normalized spacial score (nSPS) is 14.9. The van der Waals surface area contributed by atoms with Crippen molar-refractivity contribution in [3.05, 3.63) is 0 Å². The first-order valence-electron chi connectivity index (χ1n) is 14.3. The van der Waals surface area contributed by atoms with Gasteiger partial charge in [0.25, 0.3) is 0 Å². The number of unbranched alkanes of at least 4 members (excludes halogenated alkanes) is 12. The van der Waals surface area contributed by atoms with Gasteiger partial charge in [0.15, 0.2) is 0 Å². The molecule has 1 radical (unpaired) electrons. The van der Waals surface area contributed by atoms with Gasteiger partial charge in [-0.3, -0.25) is 4.79 Å². The smallest absolute Gasteiger partial charge is 0.306 e. The molecular weight excluding hydrogens is 454 g/mol. The van der Waals surface area contributed by atoms with Crippen LogP contribution in [-0.2, 0) is 18.5 Å². The van der Waals surface area contributed by atoms with E-state index in [9.17, 15) is 9.90 Å². The minimum absolute atomic E-state index is 0.0603. The number of aliphatic hydroxyl groups is 1. The monoisotopic (exact) mass is 508 g/mol. The molecule has 33 heavy (non-hydrogen) atoms. The third kappa shape index (κ3) is 25.1. The maximum atomic E-state index is 12.4. The summed E-state index contributed by atoms with van der Waals surface area (Å²) in [7, 11) is -0.348. The Morgan fingerprint density at radius 2 is 1.58 bits per heavy atom. The molecule has 3 atom stereocenters. The largest absolute Gasteiger partial charge is 0.462 e. The van der Waals surface area contributed by atoms with Crippen molar-refractivity contribution >= 4 is 32.8 Å². The number of ether oxygens (including phenoxy) is 2. The van der Waals surface area contributed by atoms with Gasteiger partial charge in [-0.25, -0.2) is 0 Å². The topological polar surface area (TPSA) is 65.0 Å². The molecule has 5 nitrogen and oxygen atoms in total. The van der Waals surface area contributed by atoms with E-state index in [2.05, 4.69) is 13.8 Å². The molecule has 0 aromatic rings. The highest BCUT2D eigenvalue weighted by atomic mass is 32.7. The number of carbonyl (C=O) groups excluding carboxylic acids is 1. The summed E-state index contributed by atoms with van der Waals surface area (Å²) < 4.78 is 30.9. The fraction of sp³-hybridized carbons (Fsp3) is 0.960. The Morgan fingerprint density at radius 1 is 0.970 bits per heavy atom. The van der Waals surface area contributed by atoms with Crippen LogP contribution in [0.4, 0.5) is 0 Å². The molecule has 195 valence electrons. The molecule has 0 aliphatic heterocycles. The Morgan fingerprint density at radius 3 is 2.21 bits per heavy atom. The highest BCUT2D eigenvalue weighted by Crippen LogP contribution is 2.24. The second-order valence-electron chi connectivity index (χ2n) is 8.88. The van der Waals surface area contributed by atoms with Gasteiger partial charge in [0, 0.05) is 24.5 Å². The Kier molecular flexibility index (Phi) is 23.9. The molecule has 0 aromatic carbocycles. The summed E-state index contributed by atoms with van der Waals surface area (Å²) in [6.45, 7) is 5.05. The third-order valence-corrected chi connectivity index (χ3v) is 6.56. The molecule has 0 aliphatic carbocycles. The van der Waals surface area contributed by atoms with Gasteiger partial charge >= 0.3 is 5.97 Å². The van der Waals surface area contributed by atoms with E-state index in [1.54, 1.807) is 0 Å². The van der Waals surface area contributed by atoms with Crippen LogP contribution in [0.2, 0.25) is 0 Å². The summed E-state index contributed by atoms with van der Waals surface area (Å²) in [5, 5.41) is 9.92. The Hall–Kier alpha value is 0.195. The van der Waals surface area contributed by atoms with E-state index in [-0.39, 0.29) is 25.3 Å². The molecule has 0 heterocycles. The zero-order chi connectivity index (χ0) is 26.0. The van der Waals surface area contributed by atoms with E-state index in [4.69, 9.17) is 16.3 Å². The first-order chi connectivity index (χ1) is 17.0. The molecule has 1 unspecified atom stereocenters. The maximum Gasteiger partial charge on any atom is 0.306 e. The summed E-state index contributed by atoms with van der Waals surface area (Å²) >= 11 is 0.900. The second kappa shape index (κ2) is 26.8. The van der Waals surface area contributed by atoms with Crippen LogP contribution in [0.3, 0.4) is 0 Å². The number of esters is 1. The number of hydrogen-bond donors (Lipinski definition) is 1. The van der Waals surface area contributed by atoms with Gasteiger partial charge in [0.05, 0.1) is 21.1 Å². The van der Waals surface area contributed by atoms with E-state index >= 15 is 0 Å². The molecule has 0 aromatic heterocycles. The van der Waals surface area contributed by atoms with Gasteiger partial charge < -0.3 is 18.8 Å². The predicted octanol–water partition coefficient (Wildman–Crippen LogP) is 7.02. The van der Waals surface area contributed by atoms with Crippen molar-refractivity contribution in [3.63, 3.8) is 0 Å². The first-order valence-corrected chi connectivity index (χ1v) is 15.6. The summed E-state index contributed by atoms with van der Waals surface area (Å²) in [6.07, 6.45) is 18.0. The molecule has 0 rings (SSSR count). The minimum Gasteiger partial charge on any atom is -0.462 e. The SMILES string of the molecule is [2H]P([B][3H])SOC[C@@H](O)COCC[C@@H](CCCCCCC)OC(=O)CCCCCCCCCCC. The number of aliphatic hydroxyl groups excluding tert-OH is 1. The number of carbonyl (C=O) groups is 1. The highest BCUT2D eigenvalue weighted by molar-refractivity contribution is 8.53. The van der Waals surface area contributed by atoms with Crippen LogP contribution in [0.25, 0.3) is 0 Å². The van der Waals surface area contributed by atoms with Crippen LogP contribution in [0.1, 0.15) is 123 Å². The average molecular weight is 509 g/mol. The summed E-state index contributed by atoms with van der Waals surface area (Å²) in [6, 6.07) is 0. The molecule has 0 spiro atoms. The van der Waals surface area contributed by atoms with Crippen LogP contribution in [0.15, 0.2) is 0 Å². The molecule has 0 saturated carbocycles. The lowest BCUT2D eigenvalue weighted by Crippen LogP contribution is -2.23. The zero-order valence-electron chi connectivity index (χ0n) is 23.3. The van der Waals surface area contributed by atoms with Gasteiger partial charge in [0.1, 0.15) is 19.7 Å². The van der Waals surface area contributed by atoms with Crippen LogP contribution >= 0.6 is 19.3 Å². The zero-order valence-corrected chi connectivity index (χ0v) is 23.0. The van der Waals surface area contributed by atoms with Gasteiger partial charge in [-0.15, -0.1) is 0 Å².